The quantitative estimate of drug-likeness (QED) is 0.844. The van der Waals surface area contributed by atoms with Crippen molar-refractivity contribution < 1.29 is 0 Å². The number of rotatable bonds is 3. The van der Waals surface area contributed by atoms with Gasteiger partial charge in [0.05, 0.1) is 0 Å². The number of nitrogens with zero attached hydrogens (tertiary/aromatic N) is 2. The summed E-state index contributed by atoms with van der Waals surface area (Å²) in [4.78, 5) is 6.76. The van der Waals surface area contributed by atoms with Crippen LogP contribution in [0.3, 0.4) is 0 Å². The summed E-state index contributed by atoms with van der Waals surface area (Å²) in [7, 11) is 0. The third kappa shape index (κ3) is 3.04. The van der Waals surface area contributed by atoms with Crippen LogP contribution in [0.2, 0.25) is 0 Å². The summed E-state index contributed by atoms with van der Waals surface area (Å²) in [6.07, 6.45) is 6.33. The monoisotopic (exact) mass is 316 g/mol. The van der Waals surface area contributed by atoms with E-state index in [9.17, 15) is 0 Å². The molecule has 1 aliphatic heterocycles. The molecule has 3 heteroatoms. The first-order valence-electron chi connectivity index (χ1n) is 6.71. The molecule has 1 aromatic carbocycles. The highest BCUT2D eigenvalue weighted by Gasteiger charge is 2.25. The van der Waals surface area contributed by atoms with E-state index in [1.54, 1.807) is 0 Å². The lowest BCUT2D eigenvalue weighted by Crippen LogP contribution is -2.22. The summed E-state index contributed by atoms with van der Waals surface area (Å²) >= 11 is 3.50. The van der Waals surface area contributed by atoms with Gasteiger partial charge in [-0.25, -0.2) is 0 Å². The standard InChI is InChI=1S/C16H17BrN2/c17-15-7-5-14(6-8-15)16-4-2-10-19(16)12-13-3-1-9-18-11-13/h1,3,5-9,11,16H,2,4,10,12H2. The molecule has 1 aromatic heterocycles. The fourth-order valence-corrected chi connectivity index (χ4v) is 3.07. The van der Waals surface area contributed by atoms with E-state index in [0.29, 0.717) is 6.04 Å². The molecular weight excluding hydrogens is 300 g/mol. The molecule has 1 saturated heterocycles. The van der Waals surface area contributed by atoms with E-state index in [2.05, 4.69) is 56.1 Å². The second-order valence-electron chi connectivity index (χ2n) is 5.04. The van der Waals surface area contributed by atoms with Gasteiger partial charge >= 0.3 is 0 Å². The fraction of sp³-hybridized carbons (Fsp3) is 0.312. The summed E-state index contributed by atoms with van der Waals surface area (Å²) in [6.45, 7) is 2.17. The van der Waals surface area contributed by atoms with Gasteiger partial charge < -0.3 is 0 Å². The molecule has 1 unspecified atom stereocenters. The molecule has 0 amide bonds. The van der Waals surface area contributed by atoms with Gasteiger partial charge in [-0.3, -0.25) is 9.88 Å². The van der Waals surface area contributed by atoms with Crippen molar-refractivity contribution in [3.8, 4) is 0 Å². The van der Waals surface area contributed by atoms with Crippen molar-refractivity contribution in [2.75, 3.05) is 6.54 Å². The minimum absolute atomic E-state index is 0.549. The number of benzene rings is 1. The van der Waals surface area contributed by atoms with Crippen LogP contribution < -0.4 is 0 Å². The van der Waals surface area contributed by atoms with Crippen LogP contribution in [0, 0.1) is 0 Å². The van der Waals surface area contributed by atoms with Gasteiger partial charge in [0, 0.05) is 29.5 Å². The van der Waals surface area contributed by atoms with E-state index in [0.717, 1.165) is 11.0 Å². The van der Waals surface area contributed by atoms with Crippen LogP contribution in [0.15, 0.2) is 53.3 Å². The van der Waals surface area contributed by atoms with Crippen LogP contribution in [0.25, 0.3) is 0 Å². The molecule has 1 fully saturated rings. The topological polar surface area (TPSA) is 16.1 Å². The minimum Gasteiger partial charge on any atom is -0.292 e. The number of aromatic nitrogens is 1. The fourth-order valence-electron chi connectivity index (χ4n) is 2.80. The lowest BCUT2D eigenvalue weighted by atomic mass is 10.0. The molecule has 1 aliphatic rings. The van der Waals surface area contributed by atoms with Crippen molar-refractivity contribution in [1.82, 2.24) is 9.88 Å². The first-order valence-corrected chi connectivity index (χ1v) is 7.50. The summed E-state index contributed by atoms with van der Waals surface area (Å²) in [5.74, 6) is 0. The van der Waals surface area contributed by atoms with E-state index in [1.165, 1.54) is 30.5 Å². The van der Waals surface area contributed by atoms with Crippen LogP contribution in [-0.2, 0) is 6.54 Å². The largest absolute Gasteiger partial charge is 0.292 e. The summed E-state index contributed by atoms with van der Waals surface area (Å²) in [5.41, 5.74) is 2.72. The van der Waals surface area contributed by atoms with Crippen molar-refractivity contribution in [2.45, 2.75) is 25.4 Å². The van der Waals surface area contributed by atoms with Gasteiger partial charge in [-0.1, -0.05) is 34.1 Å². The van der Waals surface area contributed by atoms with Gasteiger partial charge in [-0.05, 0) is 48.7 Å². The molecule has 1 atom stereocenters. The Morgan fingerprint density at radius 1 is 1.21 bits per heavy atom. The molecule has 19 heavy (non-hydrogen) atoms. The molecular formula is C16H17BrN2. The van der Waals surface area contributed by atoms with Crippen LogP contribution in [0.5, 0.6) is 0 Å². The van der Waals surface area contributed by atoms with Gasteiger partial charge in [0.2, 0.25) is 0 Å². The Morgan fingerprint density at radius 3 is 2.79 bits per heavy atom. The molecule has 0 aliphatic carbocycles. The normalized spacial score (nSPS) is 19.7. The third-order valence-corrected chi connectivity index (χ3v) is 4.26. The SMILES string of the molecule is Brc1ccc(C2CCCN2Cc2cccnc2)cc1. The Labute approximate surface area is 122 Å². The highest BCUT2D eigenvalue weighted by molar-refractivity contribution is 9.10. The van der Waals surface area contributed by atoms with E-state index in [4.69, 9.17) is 0 Å². The molecule has 0 bridgehead atoms. The maximum Gasteiger partial charge on any atom is 0.0352 e. The van der Waals surface area contributed by atoms with Gasteiger partial charge in [-0.2, -0.15) is 0 Å². The Kier molecular flexibility index (Phi) is 3.95. The molecule has 0 N–H and O–H groups in total. The molecule has 0 saturated carbocycles. The molecule has 2 aromatic rings. The summed E-state index contributed by atoms with van der Waals surface area (Å²) in [6, 6.07) is 13.5. The van der Waals surface area contributed by atoms with E-state index < -0.39 is 0 Å². The van der Waals surface area contributed by atoms with Crippen molar-refractivity contribution in [3.05, 3.63) is 64.4 Å². The second kappa shape index (κ2) is 5.85. The maximum absolute atomic E-state index is 4.20. The lowest BCUT2D eigenvalue weighted by molar-refractivity contribution is 0.248. The Hall–Kier alpha value is -1.19. The highest BCUT2D eigenvalue weighted by Crippen LogP contribution is 2.33. The van der Waals surface area contributed by atoms with E-state index in [1.807, 2.05) is 18.5 Å². The van der Waals surface area contributed by atoms with Gasteiger partial charge in [-0.15, -0.1) is 0 Å². The Bertz CT molecular complexity index is 524. The van der Waals surface area contributed by atoms with Gasteiger partial charge in [0.1, 0.15) is 0 Å². The van der Waals surface area contributed by atoms with Crippen molar-refractivity contribution in [3.63, 3.8) is 0 Å². The predicted molar refractivity (Wildman–Crippen MR) is 80.8 cm³/mol. The molecule has 0 radical (unpaired) electrons. The van der Waals surface area contributed by atoms with Crippen LogP contribution in [-0.4, -0.2) is 16.4 Å². The number of hydrogen-bond donors (Lipinski definition) is 0. The molecule has 0 spiro atoms. The summed E-state index contributed by atoms with van der Waals surface area (Å²) in [5, 5.41) is 0. The third-order valence-electron chi connectivity index (χ3n) is 3.73. The summed E-state index contributed by atoms with van der Waals surface area (Å²) < 4.78 is 1.15. The number of hydrogen-bond acceptors (Lipinski definition) is 2. The number of halogens is 1. The zero-order valence-electron chi connectivity index (χ0n) is 10.8. The van der Waals surface area contributed by atoms with Crippen LogP contribution >= 0.6 is 15.9 Å². The Balaban J connectivity index is 1.76. The van der Waals surface area contributed by atoms with Gasteiger partial charge in [0.15, 0.2) is 0 Å². The first kappa shape index (κ1) is 12.8. The number of pyridine rings is 1. The maximum atomic E-state index is 4.20. The zero-order chi connectivity index (χ0) is 13.1. The first-order chi connectivity index (χ1) is 9.33. The Morgan fingerprint density at radius 2 is 2.05 bits per heavy atom. The highest BCUT2D eigenvalue weighted by atomic mass is 79.9. The smallest absolute Gasteiger partial charge is 0.0352 e. The molecule has 3 rings (SSSR count). The average Bonchev–Trinajstić information content (AvgIpc) is 2.89. The average molecular weight is 317 g/mol. The van der Waals surface area contributed by atoms with Crippen LogP contribution in [0.1, 0.15) is 30.0 Å². The predicted octanol–water partition coefficient (Wildman–Crippen LogP) is 4.18. The minimum atomic E-state index is 0.549. The van der Waals surface area contributed by atoms with E-state index in [-0.39, 0.29) is 0 Å². The van der Waals surface area contributed by atoms with Crippen molar-refractivity contribution in [2.24, 2.45) is 0 Å². The molecule has 98 valence electrons. The number of likely N-dealkylation sites (tertiary alicyclic amines) is 1. The molecule has 2 heterocycles. The zero-order valence-corrected chi connectivity index (χ0v) is 12.4. The lowest BCUT2D eigenvalue weighted by Gasteiger charge is -2.24. The van der Waals surface area contributed by atoms with E-state index >= 15 is 0 Å². The second-order valence-corrected chi connectivity index (χ2v) is 5.96. The van der Waals surface area contributed by atoms with Crippen molar-refractivity contribution in [1.29, 1.82) is 0 Å². The van der Waals surface area contributed by atoms with Crippen LogP contribution in [0.4, 0.5) is 0 Å². The van der Waals surface area contributed by atoms with Crippen molar-refractivity contribution >= 4 is 15.9 Å². The molecule has 2 nitrogen and oxygen atoms in total. The van der Waals surface area contributed by atoms with Gasteiger partial charge in [0.25, 0.3) is 0 Å².